The topological polar surface area (TPSA) is 41.1 Å². The normalized spacial score (nSPS) is 13.3. The van der Waals surface area contributed by atoms with Crippen LogP contribution in [0, 0.1) is 0 Å². The summed E-state index contributed by atoms with van der Waals surface area (Å²) in [5.41, 5.74) is 1.67. The van der Waals surface area contributed by atoms with E-state index in [1.807, 2.05) is 97.9 Å². The first-order valence-corrected chi connectivity index (χ1v) is 9.83. The molecule has 2 rings (SSSR count). The van der Waals surface area contributed by atoms with Gasteiger partial charge in [-0.05, 0) is 37.5 Å². The summed E-state index contributed by atoms with van der Waals surface area (Å²) < 4.78 is 0. The molecule has 0 saturated heterocycles. The Kier molecular flexibility index (Phi) is 26.9. The smallest absolute Gasteiger partial charge is 0.308 e. The van der Waals surface area contributed by atoms with Crippen LogP contribution in [0.2, 0.25) is 0 Å². The van der Waals surface area contributed by atoms with E-state index in [-0.39, 0.29) is 8.88 Å². The predicted molar refractivity (Wildman–Crippen MR) is 119 cm³/mol. The van der Waals surface area contributed by atoms with E-state index in [0.29, 0.717) is 0 Å². The van der Waals surface area contributed by atoms with Gasteiger partial charge in [-0.1, -0.05) is 85.8 Å². The highest BCUT2D eigenvalue weighted by Crippen LogP contribution is 2.07. The molecule has 25 heavy (non-hydrogen) atoms. The molecule has 0 bridgehead atoms. The zero-order valence-electron chi connectivity index (χ0n) is 17.6. The Balaban J connectivity index is -0.000000144. The third kappa shape index (κ3) is 16.6. The maximum Gasteiger partial charge on any atom is 0.323 e. The quantitative estimate of drug-likeness (QED) is 0.530. The number of carbonyl (C=O) groups is 1. The lowest BCUT2D eigenvalue weighted by Crippen LogP contribution is -2.33. The number of amides is 2. The molecule has 3 heteroatoms. The van der Waals surface area contributed by atoms with Gasteiger partial charge < -0.3 is 10.6 Å². The first-order chi connectivity index (χ1) is 12.3. The minimum atomic E-state index is -0.200. The summed E-state index contributed by atoms with van der Waals surface area (Å²) in [7, 11) is 0. The molecule has 148 valence electrons. The molecule has 0 aliphatic heterocycles. The fourth-order valence-corrected chi connectivity index (χ4v) is 1.66. The van der Waals surface area contributed by atoms with Crippen molar-refractivity contribution in [3.05, 3.63) is 60.0 Å². The second-order valence-electron chi connectivity index (χ2n) is 3.91. The second kappa shape index (κ2) is 24.2. The Morgan fingerprint density at radius 1 is 0.800 bits per heavy atom. The van der Waals surface area contributed by atoms with Crippen molar-refractivity contribution in [2.24, 2.45) is 0 Å². The van der Waals surface area contributed by atoms with Crippen molar-refractivity contribution in [3.63, 3.8) is 0 Å². The van der Waals surface area contributed by atoms with Crippen LogP contribution >= 0.6 is 0 Å². The van der Waals surface area contributed by atoms with E-state index in [4.69, 9.17) is 0 Å². The SMILES string of the molecule is CC.CC.CC.CC.O=C(NC1=CC=CCC=C1)NC1=CCCC=C1.[HH].[HH]. The number of rotatable bonds is 2. The van der Waals surface area contributed by atoms with Gasteiger partial charge in [0.15, 0.2) is 0 Å². The summed E-state index contributed by atoms with van der Waals surface area (Å²) in [6.07, 6.45) is 18.7. The Hall–Kier alpha value is -2.03. The molecule has 2 amide bonds. The van der Waals surface area contributed by atoms with Gasteiger partial charge >= 0.3 is 6.03 Å². The van der Waals surface area contributed by atoms with Crippen molar-refractivity contribution in [1.29, 1.82) is 0 Å². The molecule has 2 aliphatic rings. The van der Waals surface area contributed by atoms with Gasteiger partial charge in [-0.25, -0.2) is 4.79 Å². The Bertz CT molecular complexity index is 451. The van der Waals surface area contributed by atoms with Gasteiger partial charge in [0.1, 0.15) is 0 Å². The number of urea groups is 1. The zero-order valence-corrected chi connectivity index (χ0v) is 17.6. The third-order valence-electron chi connectivity index (χ3n) is 2.49. The van der Waals surface area contributed by atoms with Crippen LogP contribution in [0.15, 0.2) is 60.0 Å². The standard InChI is InChI=1S/C14H16N2O.4C2H6.2H2/c17-14(16-13-10-6-3-7-11-13)15-12-8-4-1-2-5-9-12;4*1-2;;/h1,4-6,8-11H,2-3,7H2,(H2,15,16,17);4*1-2H3;2*1H. The molecule has 0 fully saturated rings. The Morgan fingerprint density at radius 3 is 1.92 bits per heavy atom. The molecular weight excluding hydrogens is 308 g/mol. The van der Waals surface area contributed by atoms with Crippen LogP contribution in [-0.4, -0.2) is 6.03 Å². The molecule has 3 nitrogen and oxygen atoms in total. The van der Waals surface area contributed by atoms with E-state index in [2.05, 4.69) is 16.7 Å². The van der Waals surface area contributed by atoms with Gasteiger partial charge in [-0.3, -0.25) is 0 Å². The van der Waals surface area contributed by atoms with Gasteiger partial charge in [0.2, 0.25) is 0 Å². The average molecular weight is 353 g/mol. The zero-order chi connectivity index (χ0) is 19.9. The number of allylic oxidation sites excluding steroid dienone is 8. The molecule has 2 N–H and O–H groups in total. The summed E-state index contributed by atoms with van der Waals surface area (Å²) >= 11 is 0. The van der Waals surface area contributed by atoms with Gasteiger partial charge in [0.05, 0.1) is 0 Å². The summed E-state index contributed by atoms with van der Waals surface area (Å²) in [6, 6.07) is -0.200. The van der Waals surface area contributed by atoms with Crippen LogP contribution in [0.1, 0.15) is 77.5 Å². The van der Waals surface area contributed by atoms with Crippen LogP contribution in [0.25, 0.3) is 0 Å². The molecule has 0 radical (unpaired) electrons. The highest BCUT2D eigenvalue weighted by Gasteiger charge is 2.04. The van der Waals surface area contributed by atoms with E-state index >= 15 is 0 Å². The lowest BCUT2D eigenvalue weighted by Gasteiger charge is -2.10. The Labute approximate surface area is 159 Å². The lowest BCUT2D eigenvalue weighted by atomic mass is 10.1. The van der Waals surface area contributed by atoms with Crippen LogP contribution in [0.5, 0.6) is 0 Å². The molecule has 0 aromatic heterocycles. The summed E-state index contributed by atoms with van der Waals surface area (Å²) in [6.45, 7) is 16.0. The lowest BCUT2D eigenvalue weighted by molar-refractivity contribution is 0.246. The van der Waals surface area contributed by atoms with E-state index in [0.717, 1.165) is 30.7 Å². The van der Waals surface area contributed by atoms with E-state index in [9.17, 15) is 4.79 Å². The van der Waals surface area contributed by atoms with Crippen molar-refractivity contribution in [2.45, 2.75) is 74.7 Å². The van der Waals surface area contributed by atoms with Crippen molar-refractivity contribution in [3.8, 4) is 0 Å². The first kappa shape index (κ1) is 27.8. The molecule has 0 atom stereocenters. The molecular formula is C22H44N2O. The average Bonchev–Trinajstić information content (AvgIpc) is 2.97. The van der Waals surface area contributed by atoms with Crippen molar-refractivity contribution in [1.82, 2.24) is 10.6 Å². The molecule has 0 heterocycles. The molecule has 0 saturated carbocycles. The fourth-order valence-electron chi connectivity index (χ4n) is 1.66. The van der Waals surface area contributed by atoms with Crippen LogP contribution in [-0.2, 0) is 0 Å². The molecule has 0 aromatic rings. The van der Waals surface area contributed by atoms with E-state index < -0.39 is 0 Å². The molecule has 0 spiro atoms. The number of nitrogens with one attached hydrogen (secondary N) is 2. The summed E-state index contributed by atoms with van der Waals surface area (Å²) in [4.78, 5) is 11.7. The minimum Gasteiger partial charge on any atom is -0.308 e. The van der Waals surface area contributed by atoms with Gasteiger partial charge in [-0.2, -0.15) is 0 Å². The molecule has 0 aromatic carbocycles. The third-order valence-corrected chi connectivity index (χ3v) is 2.49. The highest BCUT2D eigenvalue weighted by molar-refractivity contribution is 5.78. The number of carbonyl (C=O) groups excluding carboxylic acids is 1. The number of hydrogen-bond acceptors (Lipinski definition) is 1. The Morgan fingerprint density at radius 2 is 1.36 bits per heavy atom. The van der Waals surface area contributed by atoms with Crippen LogP contribution in [0.3, 0.4) is 0 Å². The van der Waals surface area contributed by atoms with E-state index in [1.54, 1.807) is 0 Å². The largest absolute Gasteiger partial charge is 0.323 e. The minimum absolute atomic E-state index is 0. The van der Waals surface area contributed by atoms with Gasteiger partial charge in [0.25, 0.3) is 0 Å². The number of hydrogen-bond donors (Lipinski definition) is 2. The van der Waals surface area contributed by atoms with Gasteiger partial charge in [0, 0.05) is 14.2 Å². The van der Waals surface area contributed by atoms with Crippen LogP contribution < -0.4 is 10.6 Å². The summed E-state index contributed by atoms with van der Waals surface area (Å²) in [5, 5.41) is 5.62. The van der Waals surface area contributed by atoms with E-state index in [1.165, 1.54) is 0 Å². The van der Waals surface area contributed by atoms with Crippen molar-refractivity contribution >= 4 is 6.03 Å². The second-order valence-corrected chi connectivity index (χ2v) is 3.91. The fraction of sp³-hybridized carbons (Fsp3) is 0.500. The maximum absolute atomic E-state index is 11.7. The van der Waals surface area contributed by atoms with Crippen molar-refractivity contribution < 1.29 is 7.65 Å². The summed E-state index contributed by atoms with van der Waals surface area (Å²) in [5.74, 6) is 0. The molecule has 2 aliphatic carbocycles. The predicted octanol–water partition coefficient (Wildman–Crippen LogP) is 7.52. The molecule has 0 unspecified atom stereocenters. The maximum atomic E-state index is 11.7. The highest BCUT2D eigenvalue weighted by atomic mass is 16.2. The van der Waals surface area contributed by atoms with Crippen molar-refractivity contribution in [2.75, 3.05) is 0 Å². The monoisotopic (exact) mass is 352 g/mol. The first-order valence-electron chi connectivity index (χ1n) is 9.83. The van der Waals surface area contributed by atoms with Gasteiger partial charge in [-0.15, -0.1) is 0 Å². The van der Waals surface area contributed by atoms with Crippen LogP contribution in [0.4, 0.5) is 4.79 Å².